The van der Waals surface area contributed by atoms with E-state index in [1.807, 2.05) is 0 Å². The maximum atomic E-state index is 10.8. The number of aliphatic hydroxyl groups excluding tert-OH is 4. The fourth-order valence-electron chi connectivity index (χ4n) is 1.63. The van der Waals surface area contributed by atoms with Crippen LogP contribution in [0.5, 0.6) is 0 Å². The molecule has 1 amide bonds. The normalized spacial score (nSPS) is 18.6. The first-order valence-corrected chi connectivity index (χ1v) is 5.39. The zero-order valence-corrected chi connectivity index (χ0v) is 9.95. The molecule has 0 radical (unpaired) electrons. The van der Waals surface area contributed by atoms with E-state index in [2.05, 4.69) is 5.32 Å². The fourth-order valence-corrected chi connectivity index (χ4v) is 1.63. The van der Waals surface area contributed by atoms with Crippen LogP contribution in [-0.4, -0.2) is 62.6 Å². The van der Waals surface area contributed by atoms with Gasteiger partial charge in [0.15, 0.2) is 6.29 Å². The Morgan fingerprint density at radius 1 is 1.24 bits per heavy atom. The average molecular weight is 251 g/mol. The molecule has 0 aromatic carbocycles. The summed E-state index contributed by atoms with van der Waals surface area (Å²) in [6, 6.07) is -0.544. The van der Waals surface area contributed by atoms with Gasteiger partial charge in [-0.25, -0.2) is 0 Å². The Bertz CT molecular complexity index is 235. The number of aliphatic hydroxyl groups is 5. The summed E-state index contributed by atoms with van der Waals surface area (Å²) in [5, 5.41) is 48.1. The van der Waals surface area contributed by atoms with Crippen LogP contribution in [0.25, 0.3) is 0 Å². The Labute approximate surface area is 99.7 Å². The van der Waals surface area contributed by atoms with Crippen LogP contribution in [0.3, 0.4) is 0 Å². The molecule has 0 fully saturated rings. The lowest BCUT2D eigenvalue weighted by Crippen LogP contribution is -2.48. The molecular formula is C10H21NO6. The van der Waals surface area contributed by atoms with Crippen LogP contribution in [0.1, 0.15) is 20.3 Å². The molecule has 6 N–H and O–H groups in total. The minimum atomic E-state index is -1.74. The first-order chi connectivity index (χ1) is 7.79. The van der Waals surface area contributed by atoms with Gasteiger partial charge in [-0.1, -0.05) is 0 Å². The molecule has 0 heterocycles. The molecule has 0 aromatic heterocycles. The second kappa shape index (κ2) is 7.57. The topological polar surface area (TPSA) is 130 Å². The molecule has 0 rings (SSSR count). The van der Waals surface area contributed by atoms with Crippen molar-refractivity contribution in [1.29, 1.82) is 0 Å². The van der Waals surface area contributed by atoms with Gasteiger partial charge in [0.2, 0.25) is 5.91 Å². The Balaban J connectivity index is 4.47. The number of hydrogen-bond donors (Lipinski definition) is 6. The maximum Gasteiger partial charge on any atom is 0.217 e. The van der Waals surface area contributed by atoms with Crippen LogP contribution < -0.4 is 5.32 Å². The Hall–Kier alpha value is -0.730. The molecule has 0 saturated heterocycles. The van der Waals surface area contributed by atoms with Gasteiger partial charge >= 0.3 is 0 Å². The molecule has 0 saturated carbocycles. The molecule has 0 aliphatic carbocycles. The number of carbonyl (C=O) groups is 1. The molecule has 7 heteroatoms. The lowest BCUT2D eigenvalue weighted by molar-refractivity contribution is -0.123. The lowest BCUT2D eigenvalue weighted by atomic mass is 9.90. The fraction of sp³-hybridized carbons (Fsp3) is 0.900. The second-order valence-corrected chi connectivity index (χ2v) is 4.11. The minimum Gasteiger partial charge on any atom is -0.396 e. The van der Waals surface area contributed by atoms with Gasteiger partial charge < -0.3 is 30.8 Å². The van der Waals surface area contributed by atoms with Crippen molar-refractivity contribution in [2.45, 2.75) is 44.8 Å². The van der Waals surface area contributed by atoms with Crippen molar-refractivity contribution in [2.75, 3.05) is 6.61 Å². The third kappa shape index (κ3) is 5.94. The monoisotopic (exact) mass is 251 g/mol. The summed E-state index contributed by atoms with van der Waals surface area (Å²) in [5.41, 5.74) is 0. The van der Waals surface area contributed by atoms with E-state index in [1.165, 1.54) is 6.92 Å². The van der Waals surface area contributed by atoms with Crippen LogP contribution in [0.2, 0.25) is 0 Å². The molecule has 7 nitrogen and oxygen atoms in total. The van der Waals surface area contributed by atoms with Crippen molar-refractivity contribution in [3.63, 3.8) is 0 Å². The van der Waals surface area contributed by atoms with E-state index in [4.69, 9.17) is 15.3 Å². The Morgan fingerprint density at radius 3 is 2.12 bits per heavy atom. The van der Waals surface area contributed by atoms with Gasteiger partial charge in [-0.05, 0) is 6.92 Å². The van der Waals surface area contributed by atoms with Crippen LogP contribution in [0, 0.1) is 5.92 Å². The third-order valence-corrected chi connectivity index (χ3v) is 2.57. The van der Waals surface area contributed by atoms with Crippen molar-refractivity contribution in [1.82, 2.24) is 5.32 Å². The van der Waals surface area contributed by atoms with Crippen molar-refractivity contribution in [2.24, 2.45) is 5.92 Å². The number of amides is 1. The van der Waals surface area contributed by atoms with E-state index in [0.29, 0.717) is 0 Å². The van der Waals surface area contributed by atoms with E-state index in [9.17, 15) is 15.0 Å². The standard InChI is InChI=1S/C10H21NO6/c1-5(11-6(2)13)7(4-12)10(17)8(14)3-9(15)16/h5,7-10,12,14-17H,3-4H2,1-2H3,(H,11,13)/t5?,7?,8?,10-/m1/s1. The van der Waals surface area contributed by atoms with E-state index in [1.54, 1.807) is 6.92 Å². The van der Waals surface area contributed by atoms with Crippen LogP contribution in [0.4, 0.5) is 0 Å². The summed E-state index contributed by atoms with van der Waals surface area (Å²) in [6.45, 7) is 2.43. The highest BCUT2D eigenvalue weighted by molar-refractivity contribution is 5.73. The van der Waals surface area contributed by atoms with Gasteiger partial charge in [-0.15, -0.1) is 0 Å². The summed E-state index contributed by atoms with van der Waals surface area (Å²) in [6.07, 6.45) is -4.91. The molecule has 0 aliphatic heterocycles. The average Bonchev–Trinajstić information content (AvgIpc) is 2.16. The molecule has 0 aromatic rings. The molecule has 0 bridgehead atoms. The predicted molar refractivity (Wildman–Crippen MR) is 58.7 cm³/mol. The second-order valence-electron chi connectivity index (χ2n) is 4.11. The largest absolute Gasteiger partial charge is 0.396 e. The maximum absolute atomic E-state index is 10.8. The zero-order valence-electron chi connectivity index (χ0n) is 9.95. The summed E-state index contributed by atoms with van der Waals surface area (Å²) in [4.78, 5) is 10.8. The molecule has 4 atom stereocenters. The van der Waals surface area contributed by atoms with Gasteiger partial charge in [0.1, 0.15) is 0 Å². The van der Waals surface area contributed by atoms with E-state index >= 15 is 0 Å². The molecule has 102 valence electrons. The summed E-state index contributed by atoms with van der Waals surface area (Å²) < 4.78 is 0. The highest BCUT2D eigenvalue weighted by atomic mass is 16.5. The SMILES string of the molecule is CC(=O)NC(C)C(CO)[C@@H](O)C(O)CC(O)O. The number of rotatable bonds is 7. The van der Waals surface area contributed by atoms with Gasteiger partial charge in [0.05, 0.1) is 18.8 Å². The van der Waals surface area contributed by atoms with Gasteiger partial charge in [0.25, 0.3) is 0 Å². The minimum absolute atomic E-state index is 0.320. The summed E-state index contributed by atoms with van der Waals surface area (Å²) in [7, 11) is 0. The van der Waals surface area contributed by atoms with Crippen LogP contribution >= 0.6 is 0 Å². The number of hydrogen-bond acceptors (Lipinski definition) is 6. The first-order valence-electron chi connectivity index (χ1n) is 5.39. The molecule has 3 unspecified atom stereocenters. The predicted octanol–water partition coefficient (Wildman–Crippen LogP) is -2.46. The number of carbonyl (C=O) groups excluding carboxylic acids is 1. The summed E-state index contributed by atoms with van der Waals surface area (Å²) >= 11 is 0. The molecular weight excluding hydrogens is 230 g/mol. The van der Waals surface area contributed by atoms with Gasteiger partial charge in [-0.3, -0.25) is 4.79 Å². The number of nitrogens with one attached hydrogen (secondary N) is 1. The Morgan fingerprint density at radius 2 is 1.76 bits per heavy atom. The highest BCUT2D eigenvalue weighted by Gasteiger charge is 2.31. The zero-order chi connectivity index (χ0) is 13.6. The Kier molecular flexibility index (Phi) is 7.24. The highest BCUT2D eigenvalue weighted by Crippen LogP contribution is 2.15. The molecule has 0 spiro atoms. The first kappa shape index (κ1) is 16.3. The van der Waals surface area contributed by atoms with Crippen molar-refractivity contribution in [3.05, 3.63) is 0 Å². The molecule has 0 aliphatic rings. The van der Waals surface area contributed by atoms with Gasteiger partial charge in [0, 0.05) is 25.3 Å². The summed E-state index contributed by atoms with van der Waals surface area (Å²) in [5.74, 6) is -1.10. The van der Waals surface area contributed by atoms with Crippen molar-refractivity contribution in [3.8, 4) is 0 Å². The van der Waals surface area contributed by atoms with Crippen LogP contribution in [0.15, 0.2) is 0 Å². The smallest absolute Gasteiger partial charge is 0.217 e. The van der Waals surface area contributed by atoms with Crippen molar-refractivity contribution >= 4 is 5.91 Å². The quantitative estimate of drug-likeness (QED) is 0.278. The van der Waals surface area contributed by atoms with Crippen LogP contribution in [-0.2, 0) is 4.79 Å². The van der Waals surface area contributed by atoms with Crippen molar-refractivity contribution < 1.29 is 30.3 Å². The van der Waals surface area contributed by atoms with Gasteiger partial charge in [-0.2, -0.15) is 0 Å². The van der Waals surface area contributed by atoms with E-state index in [0.717, 1.165) is 0 Å². The van der Waals surface area contributed by atoms with E-state index < -0.39 is 43.5 Å². The third-order valence-electron chi connectivity index (χ3n) is 2.57. The van der Waals surface area contributed by atoms with E-state index in [-0.39, 0.29) is 5.91 Å². The molecule has 17 heavy (non-hydrogen) atoms. The lowest BCUT2D eigenvalue weighted by Gasteiger charge is -2.30.